The van der Waals surface area contributed by atoms with Crippen molar-refractivity contribution in [2.45, 2.75) is 59.5 Å². The minimum absolute atomic E-state index is 0.0124. The van der Waals surface area contributed by atoms with Crippen LogP contribution < -0.4 is 0 Å². The quantitative estimate of drug-likeness (QED) is 0.637. The predicted molar refractivity (Wildman–Crippen MR) is 67.2 cm³/mol. The first-order valence-electron chi connectivity index (χ1n) is 5.70. The van der Waals surface area contributed by atoms with Crippen LogP contribution in [0.4, 0.5) is 0 Å². The molecule has 1 nitrogen and oxygen atoms in total. The maximum atomic E-state index is 5.97. The first-order chi connectivity index (χ1) is 6.45. The molecule has 0 spiro atoms. The fourth-order valence-electron chi connectivity index (χ4n) is 1.17. The minimum atomic E-state index is 0.0124. The van der Waals surface area contributed by atoms with E-state index >= 15 is 0 Å². The molecule has 0 aliphatic rings. The van der Waals surface area contributed by atoms with Crippen molar-refractivity contribution in [2.24, 2.45) is 5.41 Å². The van der Waals surface area contributed by atoms with Crippen LogP contribution in [0.3, 0.4) is 0 Å². The van der Waals surface area contributed by atoms with Gasteiger partial charge in [0.05, 0.1) is 12.2 Å². The molecule has 0 aromatic rings. The molecule has 0 saturated heterocycles. The summed E-state index contributed by atoms with van der Waals surface area (Å²) in [5.41, 5.74) is 0.286. The van der Waals surface area contributed by atoms with Crippen LogP contribution in [0.5, 0.6) is 0 Å². The van der Waals surface area contributed by atoms with Gasteiger partial charge in [0.1, 0.15) is 0 Å². The zero-order valence-corrected chi connectivity index (χ0v) is 11.3. The summed E-state index contributed by atoms with van der Waals surface area (Å²) in [6, 6.07) is 0. The van der Waals surface area contributed by atoms with Crippen molar-refractivity contribution in [3.05, 3.63) is 0 Å². The van der Waals surface area contributed by atoms with Crippen LogP contribution >= 0.6 is 12.6 Å². The van der Waals surface area contributed by atoms with Crippen LogP contribution in [0.15, 0.2) is 0 Å². The molecule has 86 valence electrons. The Labute approximate surface area is 95.0 Å². The van der Waals surface area contributed by atoms with Crippen LogP contribution in [0.2, 0.25) is 0 Å². The van der Waals surface area contributed by atoms with Gasteiger partial charge in [-0.25, -0.2) is 0 Å². The number of hydrogen-bond donors (Lipinski definition) is 1. The average Bonchev–Trinajstić information content (AvgIpc) is 2.21. The van der Waals surface area contributed by atoms with Crippen LogP contribution in [0, 0.1) is 5.41 Å². The fourth-order valence-corrected chi connectivity index (χ4v) is 1.71. The monoisotopic (exact) mass is 218 g/mol. The molecular formula is C12H26OS. The molecule has 2 heteroatoms. The summed E-state index contributed by atoms with van der Waals surface area (Å²) in [5.74, 6) is 0.916. The van der Waals surface area contributed by atoms with Crippen LogP contribution in [0.1, 0.15) is 53.9 Å². The molecule has 0 rings (SSSR count). The number of rotatable bonds is 7. The molecule has 0 aromatic carbocycles. The number of ether oxygens (including phenoxy) is 1. The number of thiol groups is 1. The average molecular weight is 218 g/mol. The molecule has 0 saturated carbocycles. The standard InChI is InChI=1S/C12H26OS/c1-6-11(4,5)13-9-12(7-2,8-3)10-14/h14H,6-10H2,1-5H3. The summed E-state index contributed by atoms with van der Waals surface area (Å²) in [5, 5.41) is 0. The van der Waals surface area contributed by atoms with Crippen molar-refractivity contribution in [3.8, 4) is 0 Å². The lowest BCUT2D eigenvalue weighted by atomic mass is 9.85. The van der Waals surface area contributed by atoms with Gasteiger partial charge >= 0.3 is 0 Å². The SMILES string of the molecule is CCC(CC)(CS)COC(C)(C)CC. The van der Waals surface area contributed by atoms with Crippen LogP contribution in [-0.4, -0.2) is 18.0 Å². The molecular weight excluding hydrogens is 192 g/mol. The van der Waals surface area contributed by atoms with E-state index in [2.05, 4.69) is 47.2 Å². The summed E-state index contributed by atoms with van der Waals surface area (Å²) in [6.45, 7) is 11.8. The Morgan fingerprint density at radius 3 is 1.79 bits per heavy atom. The van der Waals surface area contributed by atoms with Gasteiger partial charge < -0.3 is 4.74 Å². The summed E-state index contributed by atoms with van der Waals surface area (Å²) < 4.78 is 5.97. The Kier molecular flexibility index (Phi) is 6.15. The molecule has 0 fully saturated rings. The highest BCUT2D eigenvalue weighted by molar-refractivity contribution is 7.80. The molecule has 0 unspecified atom stereocenters. The van der Waals surface area contributed by atoms with E-state index in [1.54, 1.807) is 0 Å². The molecule has 0 N–H and O–H groups in total. The highest BCUT2D eigenvalue weighted by atomic mass is 32.1. The molecule has 0 aromatic heterocycles. The summed E-state index contributed by atoms with van der Waals surface area (Å²) in [7, 11) is 0. The lowest BCUT2D eigenvalue weighted by Gasteiger charge is -2.34. The van der Waals surface area contributed by atoms with E-state index in [1.807, 2.05) is 0 Å². The topological polar surface area (TPSA) is 9.23 Å². The Balaban J connectivity index is 4.19. The van der Waals surface area contributed by atoms with E-state index in [0.717, 1.165) is 31.6 Å². The molecule has 0 radical (unpaired) electrons. The summed E-state index contributed by atoms with van der Waals surface area (Å²) in [4.78, 5) is 0. The van der Waals surface area contributed by atoms with Crippen molar-refractivity contribution >= 4 is 12.6 Å². The highest BCUT2D eigenvalue weighted by Gasteiger charge is 2.28. The van der Waals surface area contributed by atoms with E-state index in [0.29, 0.717) is 0 Å². The van der Waals surface area contributed by atoms with Crippen molar-refractivity contribution in [1.29, 1.82) is 0 Å². The molecule has 0 amide bonds. The lowest BCUT2D eigenvalue weighted by Crippen LogP contribution is -2.34. The van der Waals surface area contributed by atoms with Gasteiger partial charge in [-0.15, -0.1) is 0 Å². The van der Waals surface area contributed by atoms with Crippen molar-refractivity contribution in [1.82, 2.24) is 0 Å². The largest absolute Gasteiger partial charge is 0.375 e. The van der Waals surface area contributed by atoms with E-state index in [1.165, 1.54) is 0 Å². The summed E-state index contributed by atoms with van der Waals surface area (Å²) in [6.07, 6.45) is 3.35. The van der Waals surface area contributed by atoms with Crippen LogP contribution in [-0.2, 0) is 4.74 Å². The van der Waals surface area contributed by atoms with Gasteiger partial charge in [-0.2, -0.15) is 12.6 Å². The highest BCUT2D eigenvalue weighted by Crippen LogP contribution is 2.30. The molecule has 0 aliphatic carbocycles. The van der Waals surface area contributed by atoms with Gasteiger partial charge in [-0.05, 0) is 38.9 Å². The molecule has 0 bridgehead atoms. The van der Waals surface area contributed by atoms with Crippen molar-refractivity contribution in [2.75, 3.05) is 12.4 Å². The first kappa shape index (κ1) is 14.3. The maximum absolute atomic E-state index is 5.97. The fraction of sp³-hybridized carbons (Fsp3) is 1.00. The smallest absolute Gasteiger partial charge is 0.0624 e. The van der Waals surface area contributed by atoms with E-state index in [9.17, 15) is 0 Å². The van der Waals surface area contributed by atoms with Gasteiger partial charge in [0.2, 0.25) is 0 Å². The zero-order valence-electron chi connectivity index (χ0n) is 10.4. The van der Waals surface area contributed by atoms with Gasteiger partial charge in [-0.3, -0.25) is 0 Å². The Hall–Kier alpha value is 0.310. The third kappa shape index (κ3) is 4.22. The second-order valence-corrected chi connectivity index (χ2v) is 5.08. The second-order valence-electron chi connectivity index (χ2n) is 4.77. The molecule has 0 aliphatic heterocycles. The third-order valence-corrected chi connectivity index (χ3v) is 4.13. The van der Waals surface area contributed by atoms with Crippen LogP contribution in [0.25, 0.3) is 0 Å². The van der Waals surface area contributed by atoms with Gasteiger partial charge in [0.25, 0.3) is 0 Å². The minimum Gasteiger partial charge on any atom is -0.375 e. The van der Waals surface area contributed by atoms with E-state index < -0.39 is 0 Å². The van der Waals surface area contributed by atoms with Crippen molar-refractivity contribution < 1.29 is 4.74 Å². The Morgan fingerprint density at radius 1 is 1.00 bits per heavy atom. The van der Waals surface area contributed by atoms with Gasteiger partial charge in [0.15, 0.2) is 0 Å². The Bertz CT molecular complexity index is 142. The molecule has 0 heterocycles. The van der Waals surface area contributed by atoms with E-state index in [-0.39, 0.29) is 11.0 Å². The van der Waals surface area contributed by atoms with Gasteiger partial charge in [-0.1, -0.05) is 20.8 Å². The molecule has 0 atom stereocenters. The van der Waals surface area contributed by atoms with Gasteiger partial charge in [0, 0.05) is 5.41 Å². The number of hydrogen-bond acceptors (Lipinski definition) is 2. The second kappa shape index (κ2) is 6.02. The first-order valence-corrected chi connectivity index (χ1v) is 6.33. The Morgan fingerprint density at radius 2 is 1.50 bits per heavy atom. The third-order valence-electron chi connectivity index (χ3n) is 3.46. The predicted octanol–water partition coefficient (Wildman–Crippen LogP) is 3.93. The zero-order chi connectivity index (χ0) is 11.2. The normalized spacial score (nSPS) is 13.3. The van der Waals surface area contributed by atoms with Crippen molar-refractivity contribution in [3.63, 3.8) is 0 Å². The molecule has 14 heavy (non-hydrogen) atoms. The lowest BCUT2D eigenvalue weighted by molar-refractivity contribution is -0.0612. The summed E-state index contributed by atoms with van der Waals surface area (Å²) >= 11 is 4.44. The maximum Gasteiger partial charge on any atom is 0.0624 e. The van der Waals surface area contributed by atoms with E-state index in [4.69, 9.17) is 4.74 Å².